The van der Waals surface area contributed by atoms with Crippen LogP contribution < -0.4 is 10.1 Å². The molecule has 0 bridgehead atoms. The van der Waals surface area contributed by atoms with E-state index in [0.717, 1.165) is 16.9 Å². The van der Waals surface area contributed by atoms with Crippen molar-refractivity contribution in [1.29, 1.82) is 5.26 Å². The Morgan fingerprint density at radius 1 is 0.974 bits per heavy atom. The number of carbonyl (C=O) groups excluding carboxylic acids is 3. The molecule has 0 aliphatic rings. The van der Waals surface area contributed by atoms with Crippen LogP contribution in [0.2, 0.25) is 5.02 Å². The molecule has 3 aromatic carbocycles. The third kappa shape index (κ3) is 6.79. The number of rotatable bonds is 8. The number of halogens is 1. The number of amides is 1. The van der Waals surface area contributed by atoms with Gasteiger partial charge in [0.2, 0.25) is 0 Å². The van der Waals surface area contributed by atoms with Crippen LogP contribution in [0.3, 0.4) is 0 Å². The van der Waals surface area contributed by atoms with E-state index in [4.69, 9.17) is 21.1 Å². The van der Waals surface area contributed by atoms with Crippen LogP contribution in [-0.4, -0.2) is 24.5 Å². The van der Waals surface area contributed by atoms with E-state index in [2.05, 4.69) is 5.32 Å². The summed E-state index contributed by atoms with van der Waals surface area (Å²) in [5, 5.41) is 14.9. The number of hydrogen-bond donors (Lipinski definition) is 1. The molecule has 1 N–H and O–H groups in total. The quantitative estimate of drug-likeness (QED) is 0.108. The van der Waals surface area contributed by atoms with Gasteiger partial charge < -0.3 is 14.8 Å². The van der Waals surface area contributed by atoms with Gasteiger partial charge in [-0.05, 0) is 60.5 Å². The molecule has 1 amide bonds. The molecule has 0 spiro atoms. The lowest BCUT2D eigenvalue weighted by Crippen LogP contribution is -2.16. The van der Waals surface area contributed by atoms with Crippen LogP contribution in [0, 0.1) is 11.3 Å². The molecule has 1 heterocycles. The summed E-state index contributed by atoms with van der Waals surface area (Å²) in [7, 11) is 0. The first-order valence-corrected chi connectivity index (χ1v) is 13.0. The number of anilines is 1. The first-order chi connectivity index (χ1) is 18.9. The Morgan fingerprint density at radius 3 is 2.31 bits per heavy atom. The average molecular weight is 557 g/mol. The summed E-state index contributed by atoms with van der Waals surface area (Å²) < 4.78 is 10.6. The summed E-state index contributed by atoms with van der Waals surface area (Å²) in [6.45, 7) is 1.84. The number of benzene rings is 3. The zero-order valence-corrected chi connectivity index (χ0v) is 22.2. The normalized spacial score (nSPS) is 10.8. The zero-order chi connectivity index (χ0) is 27.8. The monoisotopic (exact) mass is 556 g/mol. The molecule has 0 radical (unpaired) electrons. The summed E-state index contributed by atoms with van der Waals surface area (Å²) >= 11 is 7.14. The second-order valence-electron chi connectivity index (χ2n) is 8.03. The van der Waals surface area contributed by atoms with Crippen molar-refractivity contribution in [3.8, 4) is 22.9 Å². The minimum Gasteiger partial charge on any atom is -0.462 e. The molecule has 39 heavy (non-hydrogen) atoms. The molecule has 0 aliphatic carbocycles. The number of nitrogens with zero attached hydrogens (tertiary/aromatic N) is 1. The molecule has 0 unspecified atom stereocenters. The van der Waals surface area contributed by atoms with Gasteiger partial charge >= 0.3 is 11.9 Å². The Bertz CT molecular complexity index is 1570. The zero-order valence-electron chi connectivity index (χ0n) is 20.6. The van der Waals surface area contributed by atoms with Crippen molar-refractivity contribution in [3.05, 3.63) is 112 Å². The number of nitrogens with one attached hydrogen (secondary N) is 1. The van der Waals surface area contributed by atoms with Crippen LogP contribution in [-0.2, 0) is 9.53 Å². The maximum absolute atomic E-state index is 13.0. The van der Waals surface area contributed by atoms with Crippen LogP contribution in [0.15, 0.2) is 89.8 Å². The lowest BCUT2D eigenvalue weighted by Gasteiger charge is -2.09. The lowest BCUT2D eigenvalue weighted by molar-refractivity contribution is -0.112. The van der Waals surface area contributed by atoms with E-state index >= 15 is 0 Å². The van der Waals surface area contributed by atoms with Crippen LogP contribution in [0.4, 0.5) is 5.00 Å². The van der Waals surface area contributed by atoms with Gasteiger partial charge in [-0.3, -0.25) is 4.79 Å². The number of nitriles is 1. The summed E-state index contributed by atoms with van der Waals surface area (Å²) in [6, 6.07) is 23.8. The van der Waals surface area contributed by atoms with Gasteiger partial charge in [0.15, 0.2) is 0 Å². The van der Waals surface area contributed by atoms with Crippen molar-refractivity contribution in [2.75, 3.05) is 11.9 Å². The SMILES string of the molecule is CCOC(=O)c1c(-c2ccc(Cl)cc2)csc1NC(=O)C(C#N)=Cc1ccc(OC(=O)c2ccccc2)cc1. The molecule has 7 nitrogen and oxygen atoms in total. The van der Waals surface area contributed by atoms with E-state index in [0.29, 0.717) is 27.5 Å². The fourth-order valence-corrected chi connectivity index (χ4v) is 4.63. The highest BCUT2D eigenvalue weighted by atomic mass is 35.5. The van der Waals surface area contributed by atoms with Gasteiger partial charge in [-0.1, -0.05) is 54.1 Å². The molecule has 4 rings (SSSR count). The van der Waals surface area contributed by atoms with E-state index in [1.165, 1.54) is 6.08 Å². The van der Waals surface area contributed by atoms with Crippen LogP contribution >= 0.6 is 22.9 Å². The molecule has 4 aromatic rings. The molecule has 194 valence electrons. The summed E-state index contributed by atoms with van der Waals surface area (Å²) in [5.41, 5.74) is 2.27. The second kappa shape index (κ2) is 12.7. The Balaban J connectivity index is 1.53. The molecule has 9 heteroatoms. The molecule has 0 atom stereocenters. The Labute approximate surface area is 233 Å². The number of hydrogen-bond acceptors (Lipinski definition) is 7. The van der Waals surface area contributed by atoms with Crippen molar-refractivity contribution in [2.24, 2.45) is 0 Å². The highest BCUT2D eigenvalue weighted by Crippen LogP contribution is 2.37. The average Bonchev–Trinajstić information content (AvgIpc) is 3.37. The molecule has 1 aromatic heterocycles. The number of carbonyl (C=O) groups is 3. The highest BCUT2D eigenvalue weighted by Gasteiger charge is 2.24. The molecule has 0 fully saturated rings. The summed E-state index contributed by atoms with van der Waals surface area (Å²) in [4.78, 5) is 38.0. The van der Waals surface area contributed by atoms with Gasteiger partial charge in [0.25, 0.3) is 5.91 Å². The maximum atomic E-state index is 13.0. The lowest BCUT2D eigenvalue weighted by atomic mass is 10.0. The summed E-state index contributed by atoms with van der Waals surface area (Å²) in [6.07, 6.45) is 1.40. The van der Waals surface area contributed by atoms with Crippen LogP contribution in [0.25, 0.3) is 17.2 Å². The largest absolute Gasteiger partial charge is 0.462 e. The van der Waals surface area contributed by atoms with Crippen LogP contribution in [0.5, 0.6) is 5.75 Å². The van der Waals surface area contributed by atoms with Gasteiger partial charge in [0.05, 0.1) is 12.2 Å². The summed E-state index contributed by atoms with van der Waals surface area (Å²) in [5.74, 6) is -1.46. The Morgan fingerprint density at radius 2 is 1.67 bits per heavy atom. The predicted molar refractivity (Wildman–Crippen MR) is 151 cm³/mol. The first-order valence-electron chi connectivity index (χ1n) is 11.7. The maximum Gasteiger partial charge on any atom is 0.343 e. The minimum atomic E-state index is -0.688. The van der Waals surface area contributed by atoms with Crippen molar-refractivity contribution in [2.45, 2.75) is 6.92 Å². The first kappa shape index (κ1) is 27.3. The van der Waals surface area contributed by atoms with Crippen molar-refractivity contribution in [3.63, 3.8) is 0 Å². The van der Waals surface area contributed by atoms with Gasteiger partial charge in [-0.25, -0.2) is 9.59 Å². The third-order valence-corrected chi connectivity index (χ3v) is 6.58. The van der Waals surface area contributed by atoms with E-state index in [9.17, 15) is 19.6 Å². The molecule has 0 saturated carbocycles. The third-order valence-electron chi connectivity index (χ3n) is 5.43. The van der Waals surface area contributed by atoms with Crippen molar-refractivity contribution < 1.29 is 23.9 Å². The van der Waals surface area contributed by atoms with Gasteiger partial charge in [0.1, 0.15) is 28.0 Å². The number of esters is 2. The molecule has 0 saturated heterocycles. The Hall–Kier alpha value is -4.71. The van der Waals surface area contributed by atoms with Gasteiger partial charge in [-0.15, -0.1) is 11.3 Å². The fraction of sp³-hybridized carbons (Fsp3) is 0.0667. The second-order valence-corrected chi connectivity index (χ2v) is 9.35. The smallest absolute Gasteiger partial charge is 0.343 e. The fourth-order valence-electron chi connectivity index (χ4n) is 3.56. The topological polar surface area (TPSA) is 105 Å². The predicted octanol–water partition coefficient (Wildman–Crippen LogP) is 7.01. The molecule has 0 aliphatic heterocycles. The number of thiophene rings is 1. The van der Waals surface area contributed by atoms with E-state index in [-0.39, 0.29) is 22.7 Å². The van der Waals surface area contributed by atoms with E-state index in [1.54, 1.807) is 91.2 Å². The van der Waals surface area contributed by atoms with Crippen molar-refractivity contribution in [1.82, 2.24) is 0 Å². The van der Waals surface area contributed by atoms with E-state index < -0.39 is 17.8 Å². The molecular weight excluding hydrogens is 536 g/mol. The highest BCUT2D eigenvalue weighted by molar-refractivity contribution is 7.15. The van der Waals surface area contributed by atoms with Crippen molar-refractivity contribution >= 4 is 51.9 Å². The van der Waals surface area contributed by atoms with Crippen LogP contribution in [0.1, 0.15) is 33.2 Å². The Kier molecular flexibility index (Phi) is 8.90. The number of ether oxygens (including phenoxy) is 2. The standard InChI is InChI=1S/C30H21ClN2O5S/c1-2-37-30(36)26-25(20-10-12-23(31)13-11-20)18-39-28(26)33-27(34)22(17-32)16-19-8-14-24(15-9-19)38-29(35)21-6-4-3-5-7-21/h3-16,18H,2H2,1H3,(H,33,34). The van der Waals surface area contributed by atoms with Gasteiger partial charge in [-0.2, -0.15) is 5.26 Å². The van der Waals surface area contributed by atoms with E-state index in [1.807, 2.05) is 6.07 Å². The van der Waals surface area contributed by atoms with Gasteiger partial charge in [0, 0.05) is 16.0 Å². The minimum absolute atomic E-state index is 0.155. The molecular formula is C30H21ClN2O5S.